The maximum absolute atomic E-state index is 12.4. The van der Waals surface area contributed by atoms with E-state index in [0.29, 0.717) is 18.5 Å². The van der Waals surface area contributed by atoms with Crippen molar-refractivity contribution in [3.63, 3.8) is 0 Å². The number of hydrogen-bond acceptors (Lipinski definition) is 5. The van der Waals surface area contributed by atoms with Crippen LogP contribution >= 0.6 is 0 Å². The number of fused-ring (bicyclic) bond motifs is 1. The molecule has 1 aromatic heterocycles. The van der Waals surface area contributed by atoms with Gasteiger partial charge in [-0.15, -0.1) is 0 Å². The highest BCUT2D eigenvalue weighted by atomic mass is 32.2. The Kier molecular flexibility index (Phi) is 7.05. The predicted molar refractivity (Wildman–Crippen MR) is 100 cm³/mol. The van der Waals surface area contributed by atoms with Crippen LogP contribution in [0.25, 0.3) is 10.9 Å². The number of amides is 2. The third kappa shape index (κ3) is 7.17. The Morgan fingerprint density at radius 2 is 1.96 bits per heavy atom. The molecule has 2 rings (SSSR count). The summed E-state index contributed by atoms with van der Waals surface area (Å²) < 4.78 is 23.7. The molecule has 2 amide bonds. The minimum absolute atomic E-state index is 0.106. The summed E-state index contributed by atoms with van der Waals surface area (Å²) in [7, 11) is -3.76. The van der Waals surface area contributed by atoms with Gasteiger partial charge in [0.05, 0.1) is 17.4 Å². The highest BCUT2D eigenvalue weighted by molar-refractivity contribution is 7.87. The van der Waals surface area contributed by atoms with Crippen molar-refractivity contribution in [1.82, 2.24) is 15.0 Å². The largest absolute Gasteiger partial charge is 0.465 e. The van der Waals surface area contributed by atoms with Crippen LogP contribution in [0.15, 0.2) is 36.5 Å². The molecule has 1 aromatic carbocycles. The fourth-order valence-corrected chi connectivity index (χ4v) is 2.90. The average molecular weight is 395 g/mol. The van der Waals surface area contributed by atoms with Crippen LogP contribution < -0.4 is 20.5 Å². The Bertz CT molecular complexity index is 918. The van der Waals surface area contributed by atoms with Gasteiger partial charge in [0.25, 0.3) is 10.2 Å². The first-order valence-electron chi connectivity index (χ1n) is 8.17. The molecule has 0 aliphatic carbocycles. The molecular weight excluding hydrogens is 374 g/mol. The van der Waals surface area contributed by atoms with Crippen LogP contribution in [0.1, 0.15) is 19.3 Å². The van der Waals surface area contributed by atoms with Gasteiger partial charge in [-0.1, -0.05) is 18.2 Å². The Morgan fingerprint density at radius 3 is 2.67 bits per heavy atom. The zero-order chi connectivity index (χ0) is 19.9. The number of aromatic nitrogens is 1. The maximum Gasteiger partial charge on any atom is 0.405 e. The molecule has 0 aliphatic rings. The normalized spacial score (nSPS) is 12.5. The van der Waals surface area contributed by atoms with E-state index in [1.165, 1.54) is 6.20 Å². The lowest BCUT2D eigenvalue weighted by Crippen LogP contribution is -2.43. The summed E-state index contributed by atoms with van der Waals surface area (Å²) in [4.78, 5) is 27.6. The lowest BCUT2D eigenvalue weighted by molar-refractivity contribution is -0.118. The molecule has 27 heavy (non-hydrogen) atoms. The number of anilines is 1. The van der Waals surface area contributed by atoms with E-state index in [0.717, 1.165) is 10.9 Å². The van der Waals surface area contributed by atoms with Crippen molar-refractivity contribution in [1.29, 1.82) is 0 Å². The van der Waals surface area contributed by atoms with Gasteiger partial charge < -0.3 is 15.7 Å². The molecule has 1 atom stereocenters. The van der Waals surface area contributed by atoms with Gasteiger partial charge in [-0.3, -0.25) is 9.78 Å². The Labute approximate surface area is 156 Å². The predicted octanol–water partition coefficient (Wildman–Crippen LogP) is 0.773. The summed E-state index contributed by atoms with van der Waals surface area (Å²) in [5.74, 6) is -0.520. The van der Waals surface area contributed by atoms with Gasteiger partial charge in [0.2, 0.25) is 5.91 Å². The van der Waals surface area contributed by atoms with Crippen molar-refractivity contribution in [2.45, 2.75) is 25.3 Å². The summed E-state index contributed by atoms with van der Waals surface area (Å²) >= 11 is 0. The number of pyridine rings is 1. The van der Waals surface area contributed by atoms with E-state index in [1.54, 1.807) is 6.07 Å². The van der Waals surface area contributed by atoms with Crippen molar-refractivity contribution in [3.05, 3.63) is 36.5 Å². The number of para-hydroxylation sites is 1. The molecule has 0 saturated heterocycles. The minimum atomic E-state index is -3.76. The first-order chi connectivity index (χ1) is 12.7. The van der Waals surface area contributed by atoms with E-state index in [2.05, 4.69) is 20.3 Å². The molecule has 11 heteroatoms. The number of nitrogens with two attached hydrogens (primary N) is 1. The molecule has 1 heterocycles. The van der Waals surface area contributed by atoms with E-state index in [-0.39, 0.29) is 13.0 Å². The molecule has 0 radical (unpaired) electrons. The van der Waals surface area contributed by atoms with Crippen LogP contribution in [0, 0.1) is 0 Å². The number of hydrogen-bond donors (Lipinski definition) is 5. The molecule has 1 unspecified atom stereocenters. The molecule has 0 spiro atoms. The lowest BCUT2D eigenvalue weighted by Gasteiger charge is -2.17. The van der Waals surface area contributed by atoms with Crippen molar-refractivity contribution in [3.8, 4) is 0 Å². The van der Waals surface area contributed by atoms with E-state index < -0.39 is 28.3 Å². The van der Waals surface area contributed by atoms with Crippen LogP contribution in [-0.4, -0.2) is 43.1 Å². The van der Waals surface area contributed by atoms with E-state index >= 15 is 0 Å². The maximum atomic E-state index is 12.4. The van der Waals surface area contributed by atoms with Gasteiger partial charge in [0, 0.05) is 11.9 Å². The van der Waals surface area contributed by atoms with Crippen LogP contribution in [0.4, 0.5) is 10.5 Å². The Hall–Kier alpha value is -2.76. The highest BCUT2D eigenvalue weighted by Gasteiger charge is 2.20. The number of nitrogens with one attached hydrogen (secondary N) is 3. The summed E-state index contributed by atoms with van der Waals surface area (Å²) in [5.41, 5.74) is 1.23. The second-order valence-corrected chi connectivity index (χ2v) is 7.22. The lowest BCUT2D eigenvalue weighted by atomic mass is 10.1. The molecular formula is C16H21N5O5S. The highest BCUT2D eigenvalue weighted by Crippen LogP contribution is 2.16. The summed E-state index contributed by atoms with van der Waals surface area (Å²) in [6.45, 7) is 0.106. The average Bonchev–Trinajstić information content (AvgIpc) is 2.59. The number of rotatable bonds is 9. The number of unbranched alkanes of at least 4 members (excludes halogenated alkanes) is 1. The van der Waals surface area contributed by atoms with Gasteiger partial charge in [0.1, 0.15) is 6.04 Å². The van der Waals surface area contributed by atoms with Crippen molar-refractivity contribution in [2.24, 2.45) is 5.14 Å². The number of carboxylic acid groups (broad SMARTS) is 1. The molecule has 2 aromatic rings. The third-order valence-corrected chi connectivity index (χ3v) is 4.30. The number of benzene rings is 1. The van der Waals surface area contributed by atoms with Gasteiger partial charge >= 0.3 is 6.09 Å². The van der Waals surface area contributed by atoms with Crippen molar-refractivity contribution in [2.75, 3.05) is 11.9 Å². The van der Waals surface area contributed by atoms with Crippen LogP contribution in [-0.2, 0) is 15.0 Å². The molecule has 0 fully saturated rings. The van der Waals surface area contributed by atoms with Crippen LogP contribution in [0.5, 0.6) is 0 Å². The van der Waals surface area contributed by atoms with Crippen LogP contribution in [0.3, 0.4) is 0 Å². The SMILES string of the molecule is NS(=O)(=O)NCCCCC(NC(=O)O)C(=O)Nc1cnc2ccccc2c1. The van der Waals surface area contributed by atoms with E-state index in [9.17, 15) is 18.0 Å². The topological polar surface area (TPSA) is 164 Å². The number of nitrogens with zero attached hydrogens (tertiary/aromatic N) is 1. The standard InChI is InChI=1S/C16H21N5O5S/c17-27(25,26)19-8-4-3-7-14(21-16(23)24)15(22)20-12-9-11-5-1-2-6-13(11)18-10-12/h1-2,5-6,9-10,14,19,21H,3-4,7-8H2,(H,20,22)(H,23,24)(H2,17,25,26). The van der Waals surface area contributed by atoms with Gasteiger partial charge in [-0.05, 0) is 31.4 Å². The quantitative estimate of drug-likeness (QED) is 0.394. The molecule has 0 saturated carbocycles. The Morgan fingerprint density at radius 1 is 1.22 bits per heavy atom. The van der Waals surface area contributed by atoms with Gasteiger partial charge in [-0.25, -0.2) is 14.7 Å². The minimum Gasteiger partial charge on any atom is -0.465 e. The second kappa shape index (κ2) is 9.26. The number of carbonyl (C=O) groups is 2. The summed E-state index contributed by atoms with van der Waals surface area (Å²) in [5, 5.41) is 19.4. The summed E-state index contributed by atoms with van der Waals surface area (Å²) in [6.07, 6.45) is 1.18. The third-order valence-electron chi connectivity index (χ3n) is 3.70. The number of carbonyl (C=O) groups excluding carboxylic acids is 1. The smallest absolute Gasteiger partial charge is 0.405 e. The molecule has 146 valence electrons. The fraction of sp³-hybridized carbons (Fsp3) is 0.312. The molecule has 0 aliphatic heterocycles. The fourth-order valence-electron chi connectivity index (χ4n) is 2.47. The van der Waals surface area contributed by atoms with E-state index in [4.69, 9.17) is 10.2 Å². The molecule has 10 nitrogen and oxygen atoms in total. The second-order valence-electron chi connectivity index (χ2n) is 5.84. The first-order valence-corrected chi connectivity index (χ1v) is 9.72. The summed E-state index contributed by atoms with van der Waals surface area (Å²) in [6, 6.07) is 8.15. The molecule has 6 N–H and O–H groups in total. The Balaban J connectivity index is 1.95. The zero-order valence-corrected chi connectivity index (χ0v) is 15.2. The zero-order valence-electron chi connectivity index (χ0n) is 14.4. The van der Waals surface area contributed by atoms with Gasteiger partial charge in [-0.2, -0.15) is 8.42 Å². The van der Waals surface area contributed by atoms with Crippen LogP contribution in [0.2, 0.25) is 0 Å². The van der Waals surface area contributed by atoms with Crippen molar-refractivity contribution < 1.29 is 23.1 Å². The first kappa shape index (κ1) is 20.6. The molecule has 0 bridgehead atoms. The van der Waals surface area contributed by atoms with Crippen molar-refractivity contribution >= 4 is 38.8 Å². The van der Waals surface area contributed by atoms with Gasteiger partial charge in [0.15, 0.2) is 0 Å². The monoisotopic (exact) mass is 395 g/mol. The van der Waals surface area contributed by atoms with E-state index in [1.807, 2.05) is 24.3 Å².